The summed E-state index contributed by atoms with van der Waals surface area (Å²) in [5, 5.41) is 2.14. The number of hydrogen-bond acceptors (Lipinski definition) is 4. The Labute approximate surface area is 291 Å². The molecule has 0 spiro atoms. The van der Waals surface area contributed by atoms with Gasteiger partial charge in [0.2, 0.25) is 0 Å². The van der Waals surface area contributed by atoms with Crippen LogP contribution in [0.3, 0.4) is 0 Å². The van der Waals surface area contributed by atoms with Crippen LogP contribution in [0, 0.1) is 19.1 Å². The van der Waals surface area contributed by atoms with Gasteiger partial charge >= 0.3 is 0 Å². The van der Waals surface area contributed by atoms with E-state index in [1.165, 1.54) is 0 Å². The fraction of sp³-hybridized carbons (Fsp3) is 0.0238. The summed E-state index contributed by atoms with van der Waals surface area (Å²) in [6.07, 6.45) is 1.79. The van der Waals surface area contributed by atoms with Gasteiger partial charge in [-0.15, -0.1) is 54.1 Å². The first-order valence-corrected chi connectivity index (χ1v) is 15.5. The Bertz CT molecular complexity index is 2420. The van der Waals surface area contributed by atoms with E-state index in [0.29, 0.717) is 0 Å². The summed E-state index contributed by atoms with van der Waals surface area (Å²) in [5.41, 5.74) is 10.3. The van der Waals surface area contributed by atoms with E-state index >= 15 is 0 Å². The second-order valence-electron chi connectivity index (χ2n) is 11.1. The maximum Gasteiger partial charge on any atom is 0.120 e. The summed E-state index contributed by atoms with van der Waals surface area (Å²) in [6, 6.07) is 55.1. The molecule has 0 aliphatic heterocycles. The molecular formula is C42H28IrN4O-2. The molecule has 0 fully saturated rings. The Kier molecular flexibility index (Phi) is 8.76. The van der Waals surface area contributed by atoms with Gasteiger partial charge in [-0.05, 0) is 42.9 Å². The first-order chi connectivity index (χ1) is 23.2. The summed E-state index contributed by atoms with van der Waals surface area (Å²) in [4.78, 5) is 14.2. The van der Waals surface area contributed by atoms with Crippen LogP contribution in [0.1, 0.15) is 5.69 Å². The van der Waals surface area contributed by atoms with E-state index in [1.807, 2.05) is 110 Å². The molecule has 9 aromatic rings. The third-order valence-electron chi connectivity index (χ3n) is 8.11. The van der Waals surface area contributed by atoms with Gasteiger partial charge in [0.15, 0.2) is 0 Å². The van der Waals surface area contributed by atoms with Crippen molar-refractivity contribution in [3.63, 3.8) is 0 Å². The molecule has 5 aromatic carbocycles. The standard InChI is InChI=1S/C31H20N3O.C11H8N.Ir/c1-20-29-27(19-26(32-20)21-11-4-2-5-12-21)34(22-13-6-3-7-14-22)31(33-29)25-17-10-16-24-23-15-8-9-18-28(23)35-30(24)25;1-2-6-10(7-3-1)11-8-4-5-9-12-11;/h2-16,18-19H,1H3;1-6,8-9H;/q2*-1;. The molecule has 0 amide bonds. The van der Waals surface area contributed by atoms with Gasteiger partial charge in [-0.1, -0.05) is 89.8 Å². The molecule has 0 unspecified atom stereocenters. The largest absolute Gasteiger partial charge is 0.501 e. The van der Waals surface area contributed by atoms with Crippen LogP contribution in [-0.4, -0.2) is 19.5 Å². The van der Waals surface area contributed by atoms with E-state index in [9.17, 15) is 0 Å². The fourth-order valence-electron chi connectivity index (χ4n) is 5.92. The Morgan fingerprint density at radius 3 is 2.17 bits per heavy atom. The minimum atomic E-state index is 0. The zero-order valence-electron chi connectivity index (χ0n) is 26.0. The maximum absolute atomic E-state index is 6.35. The molecule has 4 heterocycles. The van der Waals surface area contributed by atoms with E-state index in [2.05, 4.69) is 64.1 Å². The van der Waals surface area contributed by atoms with Crippen molar-refractivity contribution in [2.45, 2.75) is 6.92 Å². The predicted molar refractivity (Wildman–Crippen MR) is 189 cm³/mol. The van der Waals surface area contributed by atoms with Crippen LogP contribution in [0.15, 0.2) is 156 Å². The van der Waals surface area contributed by atoms with E-state index in [0.717, 1.165) is 78.3 Å². The number of aryl methyl sites for hydroxylation is 1. The van der Waals surface area contributed by atoms with Crippen LogP contribution in [0.5, 0.6) is 0 Å². The van der Waals surface area contributed by atoms with Crippen molar-refractivity contribution in [1.82, 2.24) is 19.5 Å². The van der Waals surface area contributed by atoms with Gasteiger partial charge in [-0.3, -0.25) is 9.97 Å². The van der Waals surface area contributed by atoms with E-state index in [1.54, 1.807) is 6.20 Å². The average Bonchev–Trinajstić information content (AvgIpc) is 3.73. The van der Waals surface area contributed by atoms with Crippen LogP contribution in [0.25, 0.3) is 72.6 Å². The predicted octanol–water partition coefficient (Wildman–Crippen LogP) is 10.3. The number of fused-ring (bicyclic) bond motifs is 4. The van der Waals surface area contributed by atoms with E-state index < -0.39 is 0 Å². The molecule has 0 N–H and O–H groups in total. The number of imidazole rings is 1. The molecule has 48 heavy (non-hydrogen) atoms. The molecule has 233 valence electrons. The number of nitrogens with zero attached hydrogens (tertiary/aromatic N) is 4. The SMILES string of the molecule is Cc1nc(-c2ccccc2)cc2c1nc(-c1[c-]ccc3c1oc1ccccc13)n2-c1ccccc1.[Ir].[c-]1ccccc1-c1ccccn1. The van der Waals surface area contributed by atoms with E-state index in [-0.39, 0.29) is 20.1 Å². The third-order valence-corrected chi connectivity index (χ3v) is 8.11. The number of hydrogen-bond donors (Lipinski definition) is 0. The summed E-state index contributed by atoms with van der Waals surface area (Å²) >= 11 is 0. The number of aromatic nitrogens is 4. The zero-order valence-corrected chi connectivity index (χ0v) is 28.4. The maximum atomic E-state index is 6.35. The van der Waals surface area contributed by atoms with Crippen molar-refractivity contribution in [3.8, 4) is 39.6 Å². The van der Waals surface area contributed by atoms with Crippen LogP contribution < -0.4 is 0 Å². The molecule has 0 saturated carbocycles. The summed E-state index contributed by atoms with van der Waals surface area (Å²) < 4.78 is 8.54. The molecule has 9 rings (SSSR count). The summed E-state index contributed by atoms with van der Waals surface area (Å²) in [5.74, 6) is 0.783. The van der Waals surface area contributed by atoms with Gasteiger partial charge in [0.1, 0.15) is 5.58 Å². The van der Waals surface area contributed by atoms with Crippen LogP contribution in [-0.2, 0) is 20.1 Å². The number of furan rings is 1. The average molecular weight is 797 g/mol. The van der Waals surface area contributed by atoms with Gasteiger partial charge in [-0.2, -0.15) is 0 Å². The number of rotatable bonds is 4. The summed E-state index contributed by atoms with van der Waals surface area (Å²) in [6.45, 7) is 2.02. The number of benzene rings is 5. The molecule has 6 heteroatoms. The fourth-order valence-corrected chi connectivity index (χ4v) is 5.92. The first-order valence-electron chi connectivity index (χ1n) is 15.5. The van der Waals surface area contributed by atoms with Gasteiger partial charge in [-0.25, -0.2) is 0 Å². The molecule has 5 nitrogen and oxygen atoms in total. The number of pyridine rings is 2. The molecule has 1 radical (unpaired) electrons. The third kappa shape index (κ3) is 5.84. The van der Waals surface area contributed by atoms with Crippen molar-refractivity contribution < 1.29 is 24.5 Å². The Balaban J connectivity index is 0.000000237. The first kappa shape index (κ1) is 30.9. The molecular weight excluding hydrogens is 769 g/mol. The topological polar surface area (TPSA) is 56.7 Å². The smallest absolute Gasteiger partial charge is 0.120 e. The molecule has 4 aromatic heterocycles. The summed E-state index contributed by atoms with van der Waals surface area (Å²) in [7, 11) is 0. The monoisotopic (exact) mass is 797 g/mol. The number of para-hydroxylation sites is 2. The van der Waals surface area contributed by atoms with Crippen molar-refractivity contribution in [1.29, 1.82) is 0 Å². The van der Waals surface area contributed by atoms with Crippen molar-refractivity contribution in [2.75, 3.05) is 0 Å². The normalized spacial score (nSPS) is 10.9. The van der Waals surface area contributed by atoms with Gasteiger partial charge in [0.05, 0.1) is 33.8 Å². The van der Waals surface area contributed by atoms with Gasteiger partial charge in [0, 0.05) is 42.9 Å². The Morgan fingerprint density at radius 1 is 0.646 bits per heavy atom. The molecule has 0 saturated heterocycles. The minimum Gasteiger partial charge on any atom is -0.501 e. The van der Waals surface area contributed by atoms with Gasteiger partial charge in [0.25, 0.3) is 0 Å². The Hall–Kier alpha value is -5.68. The zero-order chi connectivity index (χ0) is 31.6. The van der Waals surface area contributed by atoms with E-state index in [4.69, 9.17) is 14.4 Å². The van der Waals surface area contributed by atoms with Crippen molar-refractivity contribution >= 4 is 33.0 Å². The Morgan fingerprint density at radius 2 is 1.40 bits per heavy atom. The van der Waals surface area contributed by atoms with Crippen molar-refractivity contribution in [3.05, 3.63) is 170 Å². The second kappa shape index (κ2) is 13.6. The molecule has 0 atom stereocenters. The minimum absolute atomic E-state index is 0. The molecule has 0 aliphatic carbocycles. The van der Waals surface area contributed by atoms with Crippen LogP contribution in [0.4, 0.5) is 0 Å². The van der Waals surface area contributed by atoms with Crippen molar-refractivity contribution in [2.24, 2.45) is 0 Å². The molecule has 0 bridgehead atoms. The van der Waals surface area contributed by atoms with Gasteiger partial charge < -0.3 is 14.0 Å². The van der Waals surface area contributed by atoms with Crippen LogP contribution in [0.2, 0.25) is 0 Å². The quantitative estimate of drug-likeness (QED) is 0.167. The van der Waals surface area contributed by atoms with Crippen LogP contribution >= 0.6 is 0 Å². The second-order valence-corrected chi connectivity index (χ2v) is 11.1. The molecule has 0 aliphatic rings.